The van der Waals surface area contributed by atoms with Crippen LogP contribution in [0.5, 0.6) is 0 Å². The number of rotatable bonds is 4. The predicted octanol–water partition coefficient (Wildman–Crippen LogP) is 3.05. The molecule has 2 heterocycles. The molecule has 6 heteroatoms. The topological polar surface area (TPSA) is 66.1 Å². The van der Waals surface area contributed by atoms with Gasteiger partial charge < -0.3 is 4.98 Å². The third-order valence-electron chi connectivity index (χ3n) is 5.33. The van der Waals surface area contributed by atoms with Crippen molar-refractivity contribution in [1.29, 1.82) is 0 Å². The van der Waals surface area contributed by atoms with Gasteiger partial charge in [-0.1, -0.05) is 30.3 Å². The van der Waals surface area contributed by atoms with E-state index in [1.54, 1.807) is 4.31 Å². The number of hydrogen-bond acceptors (Lipinski definition) is 3. The summed E-state index contributed by atoms with van der Waals surface area (Å²) in [6, 6.07) is 9.84. The molecule has 1 aliphatic carbocycles. The van der Waals surface area contributed by atoms with Gasteiger partial charge in [0.15, 0.2) is 0 Å². The highest BCUT2D eigenvalue weighted by Crippen LogP contribution is 2.49. The highest BCUT2D eigenvalue weighted by Gasteiger charge is 2.52. The van der Waals surface area contributed by atoms with E-state index in [-0.39, 0.29) is 17.2 Å². The highest BCUT2D eigenvalue weighted by molar-refractivity contribution is 7.90. The number of aromatic amines is 1. The van der Waals surface area contributed by atoms with Gasteiger partial charge in [0.05, 0.1) is 17.0 Å². The van der Waals surface area contributed by atoms with Crippen LogP contribution in [0.2, 0.25) is 0 Å². The van der Waals surface area contributed by atoms with Crippen LogP contribution in [0.3, 0.4) is 0 Å². The lowest BCUT2D eigenvalue weighted by Crippen LogP contribution is -2.34. The number of hydrogen-bond donors (Lipinski definition) is 1. The summed E-state index contributed by atoms with van der Waals surface area (Å²) in [5.41, 5.74) is 3.09. The molecule has 0 bridgehead atoms. The van der Waals surface area contributed by atoms with Gasteiger partial charge in [0, 0.05) is 18.2 Å². The molecule has 1 aliphatic heterocycles. The average Bonchev–Trinajstić information content (AvgIpc) is 3.11. The summed E-state index contributed by atoms with van der Waals surface area (Å²) in [6.07, 6.45) is 2.46. The number of benzene rings is 1. The number of nitrogens with zero attached hydrogens (tertiary/aromatic N) is 2. The summed E-state index contributed by atoms with van der Waals surface area (Å²) in [5.74, 6) is 0.931. The number of H-pyrrole nitrogens is 1. The smallest absolute Gasteiger partial charge is 0.218 e. The van der Waals surface area contributed by atoms with E-state index >= 15 is 0 Å². The Morgan fingerprint density at radius 3 is 2.62 bits per heavy atom. The second-order valence-electron chi connectivity index (χ2n) is 6.94. The van der Waals surface area contributed by atoms with Crippen LogP contribution in [-0.4, -0.2) is 34.5 Å². The zero-order valence-electron chi connectivity index (χ0n) is 14.1. The van der Waals surface area contributed by atoms with E-state index in [4.69, 9.17) is 0 Å². The van der Waals surface area contributed by atoms with Crippen LogP contribution in [0.25, 0.3) is 0 Å². The summed E-state index contributed by atoms with van der Waals surface area (Å²) < 4.78 is 28.0. The minimum absolute atomic E-state index is 0.137. The van der Waals surface area contributed by atoms with E-state index in [9.17, 15) is 8.42 Å². The quantitative estimate of drug-likeness (QED) is 0.926. The summed E-state index contributed by atoms with van der Waals surface area (Å²) in [6.45, 7) is 4.53. The van der Waals surface area contributed by atoms with Crippen molar-refractivity contribution in [2.45, 2.75) is 50.3 Å². The fourth-order valence-corrected chi connectivity index (χ4v) is 6.09. The van der Waals surface area contributed by atoms with Crippen LogP contribution in [0.15, 0.2) is 30.3 Å². The monoisotopic (exact) mass is 345 g/mol. The van der Waals surface area contributed by atoms with Crippen LogP contribution >= 0.6 is 0 Å². The molecule has 0 amide bonds. The lowest BCUT2D eigenvalue weighted by atomic mass is 10.1. The lowest BCUT2D eigenvalue weighted by Gasteiger charge is -2.23. The first-order valence-corrected chi connectivity index (χ1v) is 10.1. The third-order valence-corrected chi connectivity index (χ3v) is 7.71. The largest absolute Gasteiger partial charge is 0.345 e. The molecule has 24 heavy (non-hydrogen) atoms. The van der Waals surface area contributed by atoms with Gasteiger partial charge in [-0.2, -0.15) is 4.31 Å². The van der Waals surface area contributed by atoms with E-state index in [1.807, 2.05) is 44.2 Å². The summed E-state index contributed by atoms with van der Waals surface area (Å²) in [5, 5.41) is -0.280. The van der Waals surface area contributed by atoms with Gasteiger partial charge in [0.2, 0.25) is 10.0 Å². The van der Waals surface area contributed by atoms with Crippen molar-refractivity contribution in [3.05, 3.63) is 53.1 Å². The third kappa shape index (κ3) is 2.58. The second-order valence-corrected chi connectivity index (χ2v) is 9.04. The number of imidazole rings is 1. The molecule has 1 unspecified atom stereocenters. The molecule has 4 rings (SSSR count). The molecule has 2 aromatic rings. The van der Waals surface area contributed by atoms with Gasteiger partial charge in [0.25, 0.3) is 0 Å². The number of nitrogens with one attached hydrogen (secondary N) is 1. The number of aryl methyl sites for hydroxylation is 2. The fourth-order valence-electron chi connectivity index (χ4n) is 3.78. The van der Waals surface area contributed by atoms with Crippen molar-refractivity contribution >= 4 is 10.0 Å². The van der Waals surface area contributed by atoms with Gasteiger partial charge in [-0.25, -0.2) is 13.4 Å². The van der Waals surface area contributed by atoms with E-state index < -0.39 is 10.0 Å². The maximum absolute atomic E-state index is 13.1. The number of aromatic nitrogens is 2. The molecule has 2 fully saturated rings. The first kappa shape index (κ1) is 15.8. The first-order chi connectivity index (χ1) is 11.5. The van der Waals surface area contributed by atoms with Gasteiger partial charge in [-0.3, -0.25) is 0 Å². The minimum atomic E-state index is -3.29. The number of sulfonamides is 1. The summed E-state index contributed by atoms with van der Waals surface area (Å²) >= 11 is 0. The van der Waals surface area contributed by atoms with Crippen LogP contribution < -0.4 is 0 Å². The standard InChI is InChI=1S/C18H23N3O2S/c1-12-13(2)20-18(19-12)16-9-6-10-21(16)24(22,23)17-11-15(17)14-7-4-3-5-8-14/h3-5,7-8,15-17H,6,9-11H2,1-2H3,(H,19,20)/t15-,16?,17+/m0/s1. The van der Waals surface area contributed by atoms with Crippen molar-refractivity contribution in [1.82, 2.24) is 14.3 Å². The Balaban J connectivity index is 1.58. The second kappa shape index (κ2) is 5.70. The molecule has 0 spiro atoms. The molecule has 1 aromatic carbocycles. The van der Waals surface area contributed by atoms with E-state index in [2.05, 4.69) is 9.97 Å². The van der Waals surface area contributed by atoms with Crippen LogP contribution in [0, 0.1) is 13.8 Å². The molecule has 2 aliphatic rings. The Bertz CT molecular complexity index is 825. The Hall–Kier alpha value is -1.66. The van der Waals surface area contributed by atoms with Gasteiger partial charge in [-0.05, 0) is 38.7 Å². The van der Waals surface area contributed by atoms with E-state index in [1.165, 1.54) is 0 Å². The van der Waals surface area contributed by atoms with Gasteiger partial charge in [0.1, 0.15) is 5.82 Å². The Labute approximate surface area is 143 Å². The molecule has 3 atom stereocenters. The molecular formula is C18H23N3O2S. The molecule has 1 N–H and O–H groups in total. The molecule has 1 aromatic heterocycles. The molecule has 5 nitrogen and oxygen atoms in total. The van der Waals surface area contributed by atoms with E-state index in [0.29, 0.717) is 6.54 Å². The average molecular weight is 345 g/mol. The lowest BCUT2D eigenvalue weighted by molar-refractivity contribution is 0.383. The molecule has 1 saturated carbocycles. The van der Waals surface area contributed by atoms with E-state index in [0.717, 1.165) is 42.0 Å². The normalized spacial score (nSPS) is 27.5. The Kier molecular flexibility index (Phi) is 3.77. The zero-order valence-corrected chi connectivity index (χ0v) is 14.9. The van der Waals surface area contributed by atoms with Crippen molar-refractivity contribution in [2.75, 3.05) is 6.54 Å². The Morgan fingerprint density at radius 1 is 1.21 bits per heavy atom. The maximum atomic E-state index is 13.1. The Morgan fingerprint density at radius 2 is 1.96 bits per heavy atom. The molecular weight excluding hydrogens is 322 g/mol. The molecule has 1 saturated heterocycles. The van der Waals surface area contributed by atoms with Crippen molar-refractivity contribution in [3.63, 3.8) is 0 Å². The zero-order chi connectivity index (χ0) is 16.9. The predicted molar refractivity (Wildman–Crippen MR) is 93.3 cm³/mol. The van der Waals surface area contributed by atoms with Gasteiger partial charge >= 0.3 is 0 Å². The fraction of sp³-hybridized carbons (Fsp3) is 0.500. The van der Waals surface area contributed by atoms with Crippen LogP contribution in [0.4, 0.5) is 0 Å². The van der Waals surface area contributed by atoms with Crippen molar-refractivity contribution in [2.24, 2.45) is 0 Å². The summed E-state index contributed by atoms with van der Waals surface area (Å²) in [7, 11) is -3.29. The summed E-state index contributed by atoms with van der Waals surface area (Å²) in [4.78, 5) is 7.82. The maximum Gasteiger partial charge on any atom is 0.218 e. The molecule has 0 radical (unpaired) electrons. The highest BCUT2D eigenvalue weighted by atomic mass is 32.2. The van der Waals surface area contributed by atoms with Gasteiger partial charge in [-0.15, -0.1) is 0 Å². The van der Waals surface area contributed by atoms with Crippen molar-refractivity contribution in [3.8, 4) is 0 Å². The minimum Gasteiger partial charge on any atom is -0.345 e. The SMILES string of the molecule is Cc1nc(C2CCCN2S(=O)(=O)[C@@H]2C[C@H]2c2ccccc2)[nH]c1C. The molecule has 128 valence electrons. The first-order valence-electron chi connectivity index (χ1n) is 8.57. The van der Waals surface area contributed by atoms with Crippen LogP contribution in [0.1, 0.15) is 54.0 Å². The van der Waals surface area contributed by atoms with Crippen molar-refractivity contribution < 1.29 is 8.42 Å². The van der Waals surface area contributed by atoms with Crippen LogP contribution in [-0.2, 0) is 10.0 Å².